The molecule has 7 nitrogen and oxygen atoms in total. The van der Waals surface area contributed by atoms with Gasteiger partial charge in [-0.25, -0.2) is 9.67 Å². The van der Waals surface area contributed by atoms with E-state index in [-0.39, 0.29) is 12.0 Å². The molecule has 0 bridgehead atoms. The normalized spacial score (nSPS) is 19.7. The molecule has 1 unspecified atom stereocenters. The second-order valence-corrected chi connectivity index (χ2v) is 6.25. The Morgan fingerprint density at radius 3 is 3.08 bits per heavy atom. The van der Waals surface area contributed by atoms with Gasteiger partial charge in [-0.1, -0.05) is 6.07 Å². The summed E-state index contributed by atoms with van der Waals surface area (Å²) in [7, 11) is 0. The molecule has 4 heterocycles. The van der Waals surface area contributed by atoms with Crippen LogP contribution in [0, 0.1) is 6.92 Å². The number of likely N-dealkylation sites (tertiary alicyclic amines) is 1. The number of ether oxygens (including phenoxy) is 2. The lowest BCUT2D eigenvalue weighted by molar-refractivity contribution is 0.0764. The fourth-order valence-corrected chi connectivity index (χ4v) is 3.04. The number of hydrogen-bond acceptors (Lipinski definition) is 5. The van der Waals surface area contributed by atoms with Crippen molar-refractivity contribution in [3.05, 3.63) is 35.7 Å². The third kappa shape index (κ3) is 2.93. The molecule has 2 aromatic rings. The second-order valence-electron chi connectivity index (χ2n) is 6.25. The van der Waals surface area contributed by atoms with Crippen LogP contribution < -0.4 is 9.47 Å². The topological polar surface area (TPSA) is 69.5 Å². The molecule has 2 aliphatic rings. The molecule has 4 rings (SSSR count). The van der Waals surface area contributed by atoms with Gasteiger partial charge >= 0.3 is 0 Å². The summed E-state index contributed by atoms with van der Waals surface area (Å²) in [6, 6.07) is 5.56. The lowest BCUT2D eigenvalue weighted by Crippen LogP contribution is -2.31. The molecule has 1 fully saturated rings. The molecule has 0 radical (unpaired) electrons. The number of nitrogens with zero attached hydrogens (tertiary/aromatic N) is 4. The number of rotatable bonds is 3. The third-order valence-corrected chi connectivity index (χ3v) is 4.33. The number of carbonyl (C=O) groups is 1. The lowest BCUT2D eigenvalue weighted by Gasteiger charge is -2.15. The molecule has 2 aromatic heterocycles. The predicted molar refractivity (Wildman–Crippen MR) is 86.2 cm³/mol. The number of pyridine rings is 1. The van der Waals surface area contributed by atoms with Gasteiger partial charge in [-0.05, 0) is 12.5 Å². The Bertz CT molecular complexity index is 717. The minimum Gasteiger partial charge on any atom is -0.478 e. The van der Waals surface area contributed by atoms with Crippen LogP contribution in [0.1, 0.15) is 28.9 Å². The van der Waals surface area contributed by atoms with Crippen LogP contribution in [0.25, 0.3) is 0 Å². The molecular weight excluding hydrogens is 308 g/mol. The number of fused-ring (bicyclic) bond motifs is 1. The Morgan fingerprint density at radius 1 is 1.38 bits per heavy atom. The minimum absolute atomic E-state index is 0.0300. The number of carbonyl (C=O) groups excluding carboxylic acids is 1. The Morgan fingerprint density at radius 2 is 2.29 bits per heavy atom. The van der Waals surface area contributed by atoms with Crippen LogP contribution in [0.5, 0.6) is 11.8 Å². The fraction of sp³-hybridized carbons (Fsp3) is 0.471. The van der Waals surface area contributed by atoms with Crippen LogP contribution in [0.15, 0.2) is 24.4 Å². The molecule has 7 heteroatoms. The van der Waals surface area contributed by atoms with Crippen molar-refractivity contribution in [1.29, 1.82) is 0 Å². The largest absolute Gasteiger partial charge is 0.478 e. The van der Waals surface area contributed by atoms with Crippen molar-refractivity contribution in [2.45, 2.75) is 32.4 Å². The number of aryl methyl sites for hydroxylation is 2. The summed E-state index contributed by atoms with van der Waals surface area (Å²) in [6.45, 7) is 4.69. The summed E-state index contributed by atoms with van der Waals surface area (Å²) in [4.78, 5) is 18.7. The molecule has 0 aromatic carbocycles. The highest BCUT2D eigenvalue weighted by Gasteiger charge is 2.30. The molecule has 0 aliphatic carbocycles. The van der Waals surface area contributed by atoms with Crippen LogP contribution in [0.3, 0.4) is 0 Å². The van der Waals surface area contributed by atoms with E-state index in [4.69, 9.17) is 9.47 Å². The van der Waals surface area contributed by atoms with Gasteiger partial charge in [-0.2, -0.15) is 5.10 Å². The maximum Gasteiger partial charge on any atom is 0.274 e. The van der Waals surface area contributed by atoms with E-state index in [0.717, 1.165) is 24.9 Å². The molecule has 0 N–H and O–H groups in total. The van der Waals surface area contributed by atoms with Crippen molar-refractivity contribution < 1.29 is 14.3 Å². The van der Waals surface area contributed by atoms with E-state index in [0.29, 0.717) is 37.2 Å². The zero-order valence-electron chi connectivity index (χ0n) is 13.6. The smallest absolute Gasteiger partial charge is 0.274 e. The van der Waals surface area contributed by atoms with Crippen LogP contribution in [0.2, 0.25) is 0 Å². The van der Waals surface area contributed by atoms with Gasteiger partial charge in [0.05, 0.1) is 13.2 Å². The maximum atomic E-state index is 12.6. The summed E-state index contributed by atoms with van der Waals surface area (Å²) < 4.78 is 13.2. The minimum atomic E-state index is -0.0662. The van der Waals surface area contributed by atoms with Crippen LogP contribution in [0.4, 0.5) is 0 Å². The zero-order valence-corrected chi connectivity index (χ0v) is 13.6. The monoisotopic (exact) mass is 328 g/mol. The Hall–Kier alpha value is -2.57. The van der Waals surface area contributed by atoms with Gasteiger partial charge in [0.2, 0.25) is 11.8 Å². The van der Waals surface area contributed by atoms with Gasteiger partial charge in [0.1, 0.15) is 6.10 Å². The Balaban J connectivity index is 1.39. The van der Waals surface area contributed by atoms with E-state index >= 15 is 0 Å². The first kappa shape index (κ1) is 15.0. The molecular formula is C17H20N4O3. The summed E-state index contributed by atoms with van der Waals surface area (Å²) >= 11 is 0. The van der Waals surface area contributed by atoms with Crippen LogP contribution in [-0.2, 0) is 6.54 Å². The average molecular weight is 328 g/mol. The summed E-state index contributed by atoms with van der Waals surface area (Å²) in [5.41, 5.74) is 1.54. The molecule has 1 saturated heterocycles. The molecule has 126 valence electrons. The molecule has 0 saturated carbocycles. The average Bonchev–Trinajstić information content (AvgIpc) is 3.23. The van der Waals surface area contributed by atoms with Gasteiger partial charge < -0.3 is 14.4 Å². The standard InChI is InChI=1S/C17H20N4O3/c1-12-3-4-15(18-10-12)24-13-5-7-20(11-13)17(22)14-9-16-21(19-14)6-2-8-23-16/h3-4,9-10,13H,2,5-8,11H2,1H3. The third-order valence-electron chi connectivity index (χ3n) is 4.33. The van der Waals surface area contributed by atoms with Gasteiger partial charge in [-0.3, -0.25) is 4.79 Å². The van der Waals surface area contributed by atoms with E-state index in [1.165, 1.54) is 0 Å². The lowest BCUT2D eigenvalue weighted by atomic mass is 10.3. The fourth-order valence-electron chi connectivity index (χ4n) is 3.04. The van der Waals surface area contributed by atoms with Gasteiger partial charge in [0.15, 0.2) is 5.69 Å². The highest BCUT2D eigenvalue weighted by atomic mass is 16.5. The van der Waals surface area contributed by atoms with Crippen molar-refractivity contribution in [3.8, 4) is 11.8 Å². The van der Waals surface area contributed by atoms with E-state index in [9.17, 15) is 4.79 Å². The number of aromatic nitrogens is 3. The second kappa shape index (κ2) is 6.14. The van der Waals surface area contributed by atoms with Gasteiger partial charge in [-0.15, -0.1) is 0 Å². The number of hydrogen-bond donors (Lipinski definition) is 0. The quantitative estimate of drug-likeness (QED) is 0.857. The summed E-state index contributed by atoms with van der Waals surface area (Å²) in [6.07, 6.45) is 3.47. The van der Waals surface area contributed by atoms with E-state index in [1.54, 1.807) is 21.8 Å². The predicted octanol–water partition coefficient (Wildman–Crippen LogP) is 1.66. The summed E-state index contributed by atoms with van der Waals surface area (Å²) in [5.74, 6) is 1.22. The van der Waals surface area contributed by atoms with E-state index < -0.39 is 0 Å². The van der Waals surface area contributed by atoms with Crippen molar-refractivity contribution in [3.63, 3.8) is 0 Å². The highest BCUT2D eigenvalue weighted by Crippen LogP contribution is 2.22. The van der Waals surface area contributed by atoms with Gasteiger partial charge in [0, 0.05) is 44.3 Å². The summed E-state index contributed by atoms with van der Waals surface area (Å²) in [5, 5.41) is 4.36. The first-order chi connectivity index (χ1) is 11.7. The van der Waals surface area contributed by atoms with E-state index in [2.05, 4.69) is 10.1 Å². The molecule has 1 atom stereocenters. The SMILES string of the molecule is Cc1ccc(OC2CCN(C(=O)c3cc4n(n3)CCCO4)C2)nc1. The van der Waals surface area contributed by atoms with Crippen molar-refractivity contribution in [1.82, 2.24) is 19.7 Å². The maximum absolute atomic E-state index is 12.6. The first-order valence-electron chi connectivity index (χ1n) is 8.28. The molecule has 0 spiro atoms. The van der Waals surface area contributed by atoms with Crippen molar-refractivity contribution in [2.75, 3.05) is 19.7 Å². The molecule has 2 aliphatic heterocycles. The van der Waals surface area contributed by atoms with Crippen LogP contribution >= 0.6 is 0 Å². The Kier molecular flexibility index (Phi) is 3.84. The van der Waals surface area contributed by atoms with Crippen molar-refractivity contribution >= 4 is 5.91 Å². The zero-order chi connectivity index (χ0) is 16.5. The van der Waals surface area contributed by atoms with Crippen LogP contribution in [-0.4, -0.2) is 51.4 Å². The first-order valence-corrected chi connectivity index (χ1v) is 8.28. The molecule has 1 amide bonds. The molecule has 24 heavy (non-hydrogen) atoms. The van der Waals surface area contributed by atoms with Gasteiger partial charge in [0.25, 0.3) is 5.91 Å². The highest BCUT2D eigenvalue weighted by molar-refractivity contribution is 5.92. The Labute approximate surface area is 140 Å². The van der Waals surface area contributed by atoms with Crippen molar-refractivity contribution in [2.24, 2.45) is 0 Å². The number of amides is 1. The van der Waals surface area contributed by atoms with E-state index in [1.807, 2.05) is 19.1 Å².